The Kier molecular flexibility index (Phi) is 4.36. The average molecular weight is 384 g/mol. The van der Waals surface area contributed by atoms with Crippen molar-refractivity contribution in [3.8, 4) is 9.88 Å². The molecule has 1 aliphatic heterocycles. The van der Waals surface area contributed by atoms with Gasteiger partial charge in [-0.05, 0) is 23.6 Å². The molecule has 4 rings (SSSR count). The summed E-state index contributed by atoms with van der Waals surface area (Å²) in [6.07, 6.45) is 0. The van der Waals surface area contributed by atoms with Gasteiger partial charge in [0.1, 0.15) is 11.6 Å². The fourth-order valence-electron chi connectivity index (χ4n) is 2.63. The second kappa shape index (κ2) is 6.81. The number of carbonyl (C=O) groups excluding carboxylic acids is 3. The van der Waals surface area contributed by atoms with Crippen molar-refractivity contribution in [3.05, 3.63) is 64.0 Å². The molecule has 2 amide bonds. The topological polar surface area (TPSA) is 76.6 Å². The van der Waals surface area contributed by atoms with Gasteiger partial charge in [-0.1, -0.05) is 18.2 Å². The lowest BCUT2D eigenvalue weighted by atomic mass is 10.1. The lowest BCUT2D eigenvalue weighted by molar-refractivity contribution is 0.0416. The number of thiazole rings is 1. The number of hydrogen-bond acceptors (Lipinski definition) is 7. The van der Waals surface area contributed by atoms with E-state index in [1.807, 2.05) is 17.5 Å². The molecule has 6 nitrogen and oxygen atoms in total. The Bertz CT molecular complexity index is 959. The molecule has 0 radical (unpaired) electrons. The van der Waals surface area contributed by atoms with Gasteiger partial charge in [0.2, 0.25) is 0 Å². The number of imide groups is 1. The molecular formula is C18H12N2O4S2. The van der Waals surface area contributed by atoms with Crippen LogP contribution in [-0.2, 0) is 4.74 Å². The highest BCUT2D eigenvalue weighted by Crippen LogP contribution is 2.28. The summed E-state index contributed by atoms with van der Waals surface area (Å²) in [5.41, 5.74) is 0.980. The van der Waals surface area contributed by atoms with Crippen LogP contribution in [0.15, 0.2) is 47.2 Å². The maximum atomic E-state index is 12.2. The van der Waals surface area contributed by atoms with Crippen LogP contribution < -0.4 is 0 Å². The molecule has 2 aromatic heterocycles. The Morgan fingerprint density at radius 3 is 2.42 bits per heavy atom. The maximum absolute atomic E-state index is 12.2. The molecule has 130 valence electrons. The number of esters is 1. The average Bonchev–Trinajstić information content (AvgIpc) is 3.38. The van der Waals surface area contributed by atoms with Crippen molar-refractivity contribution in [1.29, 1.82) is 0 Å². The lowest BCUT2D eigenvalue weighted by Gasteiger charge is -2.13. The fourth-order valence-corrected chi connectivity index (χ4v) is 4.23. The van der Waals surface area contributed by atoms with E-state index < -0.39 is 5.97 Å². The van der Waals surface area contributed by atoms with E-state index in [4.69, 9.17) is 4.74 Å². The van der Waals surface area contributed by atoms with Crippen LogP contribution in [0.4, 0.5) is 0 Å². The van der Waals surface area contributed by atoms with Gasteiger partial charge in [-0.2, -0.15) is 0 Å². The molecular weight excluding hydrogens is 372 g/mol. The molecule has 0 unspecified atom stereocenters. The van der Waals surface area contributed by atoms with Crippen LogP contribution in [0.3, 0.4) is 0 Å². The standard InChI is InChI=1S/C18H12N2O4S2/c21-16-11-4-1-2-5-12(11)17(22)20(16)7-8-24-18(23)13-10-26-15(19-13)14-6-3-9-25-14/h1-6,9-10H,7-8H2. The van der Waals surface area contributed by atoms with Gasteiger partial charge in [-0.15, -0.1) is 22.7 Å². The Labute approximate surface area is 156 Å². The molecule has 1 aromatic carbocycles. The maximum Gasteiger partial charge on any atom is 0.357 e. The van der Waals surface area contributed by atoms with Gasteiger partial charge in [-0.25, -0.2) is 9.78 Å². The van der Waals surface area contributed by atoms with E-state index in [-0.39, 0.29) is 30.7 Å². The van der Waals surface area contributed by atoms with Gasteiger partial charge in [0.15, 0.2) is 5.69 Å². The van der Waals surface area contributed by atoms with E-state index >= 15 is 0 Å². The molecule has 0 aliphatic carbocycles. The zero-order valence-electron chi connectivity index (χ0n) is 13.4. The molecule has 0 saturated heterocycles. The number of thiophene rings is 1. The van der Waals surface area contributed by atoms with Gasteiger partial charge >= 0.3 is 5.97 Å². The van der Waals surface area contributed by atoms with E-state index in [9.17, 15) is 14.4 Å². The van der Waals surface area contributed by atoms with Crippen LogP contribution in [0.5, 0.6) is 0 Å². The third-order valence-electron chi connectivity index (χ3n) is 3.87. The minimum atomic E-state index is -0.569. The number of hydrogen-bond donors (Lipinski definition) is 0. The van der Waals surface area contributed by atoms with Gasteiger partial charge in [0, 0.05) is 5.38 Å². The predicted octanol–water partition coefficient (Wildman–Crippen LogP) is 3.32. The molecule has 0 atom stereocenters. The lowest BCUT2D eigenvalue weighted by Crippen LogP contribution is -2.33. The Balaban J connectivity index is 1.36. The van der Waals surface area contributed by atoms with Crippen molar-refractivity contribution in [2.24, 2.45) is 0 Å². The Morgan fingerprint density at radius 2 is 1.77 bits per heavy atom. The van der Waals surface area contributed by atoms with Crippen molar-refractivity contribution >= 4 is 40.5 Å². The molecule has 3 heterocycles. The summed E-state index contributed by atoms with van der Waals surface area (Å²) in [6, 6.07) is 10.5. The van der Waals surface area contributed by atoms with Crippen molar-refractivity contribution in [3.63, 3.8) is 0 Å². The van der Waals surface area contributed by atoms with E-state index in [1.54, 1.807) is 41.0 Å². The molecule has 0 fully saturated rings. The summed E-state index contributed by atoms with van der Waals surface area (Å²) in [5.74, 6) is -1.30. The first-order chi connectivity index (χ1) is 12.6. The molecule has 1 aliphatic rings. The minimum absolute atomic E-state index is 0.0139. The molecule has 26 heavy (non-hydrogen) atoms. The van der Waals surface area contributed by atoms with E-state index in [1.165, 1.54) is 11.3 Å². The molecule has 0 saturated carbocycles. The summed E-state index contributed by atoms with van der Waals surface area (Å²) in [7, 11) is 0. The van der Waals surface area contributed by atoms with E-state index in [2.05, 4.69) is 4.98 Å². The Hall–Kier alpha value is -2.84. The van der Waals surface area contributed by atoms with Gasteiger partial charge < -0.3 is 4.74 Å². The molecule has 0 spiro atoms. The summed E-state index contributed by atoms with van der Waals surface area (Å²) >= 11 is 2.91. The van der Waals surface area contributed by atoms with Gasteiger partial charge in [0.05, 0.1) is 22.5 Å². The summed E-state index contributed by atoms with van der Waals surface area (Å²) < 4.78 is 5.18. The number of nitrogens with zero attached hydrogens (tertiary/aromatic N) is 2. The zero-order chi connectivity index (χ0) is 18.1. The van der Waals surface area contributed by atoms with Crippen LogP contribution in [0.2, 0.25) is 0 Å². The number of ether oxygens (including phenoxy) is 1. The number of rotatable bonds is 5. The van der Waals surface area contributed by atoms with E-state index in [0.717, 1.165) is 14.8 Å². The number of aromatic nitrogens is 1. The molecule has 0 N–H and O–H groups in total. The van der Waals surface area contributed by atoms with Gasteiger partial charge in [0.25, 0.3) is 11.8 Å². The third kappa shape index (κ3) is 2.93. The van der Waals surface area contributed by atoms with Crippen LogP contribution in [0.25, 0.3) is 9.88 Å². The zero-order valence-corrected chi connectivity index (χ0v) is 15.0. The van der Waals surface area contributed by atoms with Crippen molar-refractivity contribution in [1.82, 2.24) is 9.88 Å². The van der Waals surface area contributed by atoms with Crippen LogP contribution in [-0.4, -0.2) is 40.8 Å². The predicted molar refractivity (Wildman–Crippen MR) is 97.5 cm³/mol. The Morgan fingerprint density at radius 1 is 1.04 bits per heavy atom. The summed E-state index contributed by atoms with van der Waals surface area (Å²) in [5, 5.41) is 4.34. The molecule has 0 bridgehead atoms. The fraction of sp³-hybridized carbons (Fsp3) is 0.111. The minimum Gasteiger partial charge on any atom is -0.459 e. The monoisotopic (exact) mass is 384 g/mol. The molecule has 8 heteroatoms. The quantitative estimate of drug-likeness (QED) is 0.498. The number of benzene rings is 1. The smallest absolute Gasteiger partial charge is 0.357 e. The second-order valence-corrected chi connectivity index (χ2v) is 7.26. The van der Waals surface area contributed by atoms with Gasteiger partial charge in [-0.3, -0.25) is 14.5 Å². The summed E-state index contributed by atoms with van der Waals surface area (Å²) in [4.78, 5) is 43.0. The highest BCUT2D eigenvalue weighted by molar-refractivity contribution is 7.20. The van der Waals surface area contributed by atoms with Crippen LogP contribution in [0.1, 0.15) is 31.2 Å². The number of fused-ring (bicyclic) bond motifs is 1. The first-order valence-electron chi connectivity index (χ1n) is 7.77. The largest absolute Gasteiger partial charge is 0.459 e. The highest BCUT2D eigenvalue weighted by atomic mass is 32.1. The molecule has 3 aromatic rings. The first kappa shape index (κ1) is 16.6. The third-order valence-corrected chi connectivity index (χ3v) is 5.75. The number of carbonyl (C=O) groups is 3. The van der Waals surface area contributed by atoms with Crippen LogP contribution >= 0.6 is 22.7 Å². The van der Waals surface area contributed by atoms with Crippen molar-refractivity contribution in [2.45, 2.75) is 0 Å². The van der Waals surface area contributed by atoms with Crippen molar-refractivity contribution < 1.29 is 19.1 Å². The van der Waals surface area contributed by atoms with Crippen LogP contribution in [0, 0.1) is 0 Å². The van der Waals surface area contributed by atoms with Crippen molar-refractivity contribution in [2.75, 3.05) is 13.2 Å². The summed E-state index contributed by atoms with van der Waals surface area (Å²) in [6.45, 7) is -0.0594. The normalized spacial score (nSPS) is 13.2. The number of amides is 2. The SMILES string of the molecule is O=C(OCCN1C(=O)c2ccccc2C1=O)c1csc(-c2cccs2)n1. The second-order valence-electron chi connectivity index (χ2n) is 5.46. The highest BCUT2D eigenvalue weighted by Gasteiger charge is 2.34. The van der Waals surface area contributed by atoms with E-state index in [0.29, 0.717) is 11.1 Å². The first-order valence-corrected chi connectivity index (χ1v) is 9.53.